The quantitative estimate of drug-likeness (QED) is 0.880. The second kappa shape index (κ2) is 7.02. The standard InChI is InChI=1S/C16H16ClN3O4/c17-11-3-1-10(2-4-11)13-8-14(19-18-13)16(23)20-5-6-24-9-12(20)7-15(21)22/h1-4,8,12H,5-7,9H2,(H,18,19)(H,21,22). The topological polar surface area (TPSA) is 95.5 Å². The number of nitrogens with zero attached hydrogens (tertiary/aromatic N) is 2. The van der Waals surface area contributed by atoms with E-state index in [1.54, 1.807) is 18.2 Å². The second-order valence-electron chi connectivity index (χ2n) is 5.50. The maximum atomic E-state index is 12.7. The molecule has 0 spiro atoms. The lowest BCUT2D eigenvalue weighted by atomic mass is 10.1. The van der Waals surface area contributed by atoms with Crippen LogP contribution in [0.1, 0.15) is 16.9 Å². The van der Waals surface area contributed by atoms with Gasteiger partial charge in [-0.2, -0.15) is 5.10 Å². The Morgan fingerprint density at radius 3 is 2.83 bits per heavy atom. The third-order valence-corrected chi connectivity index (χ3v) is 4.10. The molecule has 1 aliphatic heterocycles. The number of carboxylic acid groups (broad SMARTS) is 1. The molecule has 1 aromatic carbocycles. The molecule has 0 saturated carbocycles. The van der Waals surface area contributed by atoms with Crippen molar-refractivity contribution in [2.24, 2.45) is 0 Å². The predicted molar refractivity (Wildman–Crippen MR) is 86.9 cm³/mol. The van der Waals surface area contributed by atoms with Crippen LogP contribution >= 0.6 is 11.6 Å². The molecule has 24 heavy (non-hydrogen) atoms. The number of carbonyl (C=O) groups excluding carboxylic acids is 1. The highest BCUT2D eigenvalue weighted by molar-refractivity contribution is 6.30. The van der Waals surface area contributed by atoms with E-state index in [4.69, 9.17) is 21.4 Å². The van der Waals surface area contributed by atoms with Gasteiger partial charge in [-0.1, -0.05) is 23.7 Å². The number of halogens is 1. The summed E-state index contributed by atoms with van der Waals surface area (Å²) in [6.07, 6.45) is -0.149. The summed E-state index contributed by atoms with van der Waals surface area (Å²) in [7, 11) is 0. The fraction of sp³-hybridized carbons (Fsp3) is 0.312. The highest BCUT2D eigenvalue weighted by Crippen LogP contribution is 2.21. The SMILES string of the molecule is O=C(O)CC1COCCN1C(=O)c1cc(-c2ccc(Cl)cc2)n[nH]1. The molecule has 1 atom stereocenters. The van der Waals surface area contributed by atoms with Gasteiger partial charge in [0.25, 0.3) is 5.91 Å². The molecule has 3 rings (SSSR count). The minimum absolute atomic E-state index is 0.149. The van der Waals surface area contributed by atoms with Crippen molar-refractivity contribution in [2.75, 3.05) is 19.8 Å². The van der Waals surface area contributed by atoms with Gasteiger partial charge in [-0.25, -0.2) is 0 Å². The smallest absolute Gasteiger partial charge is 0.305 e. The van der Waals surface area contributed by atoms with Crippen molar-refractivity contribution in [3.63, 3.8) is 0 Å². The van der Waals surface area contributed by atoms with Crippen molar-refractivity contribution in [3.8, 4) is 11.3 Å². The number of aromatic nitrogens is 2. The number of morpholine rings is 1. The molecule has 1 unspecified atom stereocenters. The van der Waals surface area contributed by atoms with E-state index >= 15 is 0 Å². The van der Waals surface area contributed by atoms with Crippen LogP contribution in [0.2, 0.25) is 5.02 Å². The molecule has 7 nitrogen and oxygen atoms in total. The number of carbonyl (C=O) groups is 2. The van der Waals surface area contributed by atoms with E-state index in [1.807, 2.05) is 12.1 Å². The lowest BCUT2D eigenvalue weighted by Crippen LogP contribution is -2.49. The average Bonchev–Trinajstić information content (AvgIpc) is 3.05. The normalized spacial score (nSPS) is 17.7. The van der Waals surface area contributed by atoms with Gasteiger partial charge in [0, 0.05) is 17.1 Å². The summed E-state index contributed by atoms with van der Waals surface area (Å²) < 4.78 is 5.29. The summed E-state index contributed by atoms with van der Waals surface area (Å²) in [5.41, 5.74) is 1.77. The van der Waals surface area contributed by atoms with E-state index in [0.29, 0.717) is 29.6 Å². The first-order valence-corrected chi connectivity index (χ1v) is 7.84. The number of hydrogen-bond donors (Lipinski definition) is 2. The molecule has 1 saturated heterocycles. The first kappa shape index (κ1) is 16.5. The molecule has 0 bridgehead atoms. The molecular weight excluding hydrogens is 334 g/mol. The average molecular weight is 350 g/mol. The van der Waals surface area contributed by atoms with Gasteiger partial charge in [-0.15, -0.1) is 0 Å². The van der Waals surface area contributed by atoms with Crippen LogP contribution in [0.15, 0.2) is 30.3 Å². The van der Waals surface area contributed by atoms with Gasteiger partial charge in [0.2, 0.25) is 0 Å². The van der Waals surface area contributed by atoms with Crippen LogP contribution in [0.25, 0.3) is 11.3 Å². The summed E-state index contributed by atoms with van der Waals surface area (Å²) in [5.74, 6) is -1.24. The van der Waals surface area contributed by atoms with Crippen LogP contribution in [0.4, 0.5) is 0 Å². The molecule has 1 amide bonds. The maximum absolute atomic E-state index is 12.7. The van der Waals surface area contributed by atoms with E-state index in [2.05, 4.69) is 10.2 Å². The van der Waals surface area contributed by atoms with Gasteiger partial charge in [0.15, 0.2) is 0 Å². The van der Waals surface area contributed by atoms with Gasteiger partial charge >= 0.3 is 5.97 Å². The number of benzene rings is 1. The summed E-state index contributed by atoms with van der Waals surface area (Å²) in [6, 6.07) is 8.30. The number of H-pyrrole nitrogens is 1. The van der Waals surface area contributed by atoms with E-state index in [1.165, 1.54) is 4.90 Å². The van der Waals surface area contributed by atoms with Crippen LogP contribution < -0.4 is 0 Å². The highest BCUT2D eigenvalue weighted by Gasteiger charge is 2.30. The van der Waals surface area contributed by atoms with E-state index in [-0.39, 0.29) is 18.9 Å². The largest absolute Gasteiger partial charge is 0.481 e. The lowest BCUT2D eigenvalue weighted by molar-refractivity contribution is -0.139. The Morgan fingerprint density at radius 2 is 2.12 bits per heavy atom. The summed E-state index contributed by atoms with van der Waals surface area (Å²) in [5, 5.41) is 16.5. The zero-order chi connectivity index (χ0) is 17.1. The fourth-order valence-corrected chi connectivity index (χ4v) is 2.77. The molecule has 1 aliphatic rings. The zero-order valence-corrected chi connectivity index (χ0v) is 13.5. The highest BCUT2D eigenvalue weighted by atomic mass is 35.5. The Labute approximate surface area is 143 Å². The number of ether oxygens (including phenoxy) is 1. The van der Waals surface area contributed by atoms with Gasteiger partial charge in [-0.3, -0.25) is 14.7 Å². The molecule has 126 valence electrons. The fourth-order valence-electron chi connectivity index (χ4n) is 2.65. The maximum Gasteiger partial charge on any atom is 0.305 e. The van der Waals surface area contributed by atoms with E-state index in [0.717, 1.165) is 5.56 Å². The number of amides is 1. The Morgan fingerprint density at radius 1 is 1.38 bits per heavy atom. The number of rotatable bonds is 4. The first-order chi connectivity index (χ1) is 11.5. The van der Waals surface area contributed by atoms with Crippen LogP contribution in [0.3, 0.4) is 0 Å². The van der Waals surface area contributed by atoms with Crippen LogP contribution in [0, 0.1) is 0 Å². The molecule has 8 heteroatoms. The molecule has 1 fully saturated rings. The molecule has 2 heterocycles. The summed E-state index contributed by atoms with van der Waals surface area (Å²) in [6.45, 7) is 0.961. The Hall–Kier alpha value is -2.38. The van der Waals surface area contributed by atoms with Crippen LogP contribution in [0.5, 0.6) is 0 Å². The zero-order valence-electron chi connectivity index (χ0n) is 12.7. The van der Waals surface area contributed by atoms with Crippen molar-refractivity contribution in [1.82, 2.24) is 15.1 Å². The van der Waals surface area contributed by atoms with Gasteiger partial charge in [0.1, 0.15) is 5.69 Å². The Balaban J connectivity index is 1.79. The minimum atomic E-state index is -0.963. The van der Waals surface area contributed by atoms with Crippen molar-refractivity contribution >= 4 is 23.5 Å². The van der Waals surface area contributed by atoms with Crippen LogP contribution in [-0.2, 0) is 9.53 Å². The van der Waals surface area contributed by atoms with E-state index < -0.39 is 12.0 Å². The number of nitrogens with one attached hydrogen (secondary N) is 1. The summed E-state index contributed by atoms with van der Waals surface area (Å²) in [4.78, 5) is 25.2. The Kier molecular flexibility index (Phi) is 4.82. The number of aromatic amines is 1. The van der Waals surface area contributed by atoms with Gasteiger partial charge in [0.05, 0.1) is 31.4 Å². The lowest BCUT2D eigenvalue weighted by Gasteiger charge is -2.34. The number of carboxylic acids is 1. The van der Waals surface area contributed by atoms with E-state index in [9.17, 15) is 9.59 Å². The first-order valence-electron chi connectivity index (χ1n) is 7.46. The monoisotopic (exact) mass is 349 g/mol. The molecule has 0 aliphatic carbocycles. The van der Waals surface area contributed by atoms with Crippen molar-refractivity contribution in [3.05, 3.63) is 41.0 Å². The Bertz CT molecular complexity index is 744. The molecule has 1 aromatic heterocycles. The second-order valence-corrected chi connectivity index (χ2v) is 5.94. The number of aliphatic carboxylic acids is 1. The van der Waals surface area contributed by atoms with Gasteiger partial charge < -0.3 is 14.7 Å². The third kappa shape index (κ3) is 3.58. The van der Waals surface area contributed by atoms with Crippen molar-refractivity contribution in [1.29, 1.82) is 0 Å². The predicted octanol–water partition coefficient (Wildman–Crippen LogP) is 2.05. The summed E-state index contributed by atoms with van der Waals surface area (Å²) >= 11 is 5.87. The minimum Gasteiger partial charge on any atom is -0.481 e. The van der Waals surface area contributed by atoms with Crippen molar-refractivity contribution < 1.29 is 19.4 Å². The third-order valence-electron chi connectivity index (χ3n) is 3.85. The molecular formula is C16H16ClN3O4. The molecule has 0 radical (unpaired) electrons. The molecule has 2 N–H and O–H groups in total. The van der Waals surface area contributed by atoms with Crippen LogP contribution in [-0.4, -0.2) is 57.9 Å². The van der Waals surface area contributed by atoms with Crippen molar-refractivity contribution in [2.45, 2.75) is 12.5 Å². The van der Waals surface area contributed by atoms with Gasteiger partial charge in [-0.05, 0) is 18.2 Å². The molecule has 2 aromatic rings. The number of hydrogen-bond acceptors (Lipinski definition) is 4.